The van der Waals surface area contributed by atoms with Crippen molar-refractivity contribution in [1.29, 1.82) is 0 Å². The number of benzene rings is 1. The van der Waals surface area contributed by atoms with Crippen LogP contribution in [0.1, 0.15) is 10.4 Å². The highest BCUT2D eigenvalue weighted by Gasteiger charge is 2.17. The van der Waals surface area contributed by atoms with Crippen molar-refractivity contribution in [1.82, 2.24) is 21.1 Å². The number of carbonyl (C=O) groups is 1. The van der Waals surface area contributed by atoms with Crippen LogP contribution in [0.15, 0.2) is 12.1 Å². The van der Waals surface area contributed by atoms with Gasteiger partial charge in [-0.05, 0) is 38.4 Å². The molecule has 0 aromatic heterocycles. The number of methoxy groups -OCH3 is 3. The van der Waals surface area contributed by atoms with Gasteiger partial charge in [-0.3, -0.25) is 15.6 Å². The van der Waals surface area contributed by atoms with Gasteiger partial charge in [-0.1, -0.05) is 0 Å². The molecule has 1 aromatic rings. The van der Waals surface area contributed by atoms with Gasteiger partial charge in [0.2, 0.25) is 5.75 Å². The number of nitrogens with one attached hydrogen (secondary N) is 3. The van der Waals surface area contributed by atoms with Crippen molar-refractivity contribution in [2.75, 3.05) is 48.5 Å². The minimum Gasteiger partial charge on any atom is -0.493 e. The van der Waals surface area contributed by atoms with Crippen LogP contribution in [0.5, 0.6) is 17.2 Å². The zero-order valence-corrected chi connectivity index (χ0v) is 15.4. The Hall–Kier alpha value is -2.26. The highest BCUT2D eigenvalue weighted by atomic mass is 32.1. The first kappa shape index (κ1) is 19.8. The van der Waals surface area contributed by atoms with Crippen molar-refractivity contribution in [3.8, 4) is 17.2 Å². The lowest BCUT2D eigenvalue weighted by Crippen LogP contribution is -2.47. The molecule has 0 atom stereocenters. The van der Waals surface area contributed by atoms with Crippen molar-refractivity contribution >= 4 is 23.2 Å². The second-order valence-electron chi connectivity index (χ2n) is 5.05. The lowest BCUT2D eigenvalue weighted by molar-refractivity contribution is 0.0943. The van der Waals surface area contributed by atoms with E-state index in [0.29, 0.717) is 34.5 Å². The Morgan fingerprint density at radius 3 is 2.12 bits per heavy atom. The molecule has 1 rings (SSSR count). The number of amides is 1. The van der Waals surface area contributed by atoms with E-state index in [1.54, 1.807) is 12.1 Å². The van der Waals surface area contributed by atoms with Crippen LogP contribution in [-0.4, -0.2) is 64.4 Å². The zero-order chi connectivity index (χ0) is 18.1. The van der Waals surface area contributed by atoms with E-state index in [1.807, 2.05) is 19.0 Å². The van der Waals surface area contributed by atoms with Gasteiger partial charge in [0.15, 0.2) is 16.6 Å². The molecule has 1 amide bonds. The smallest absolute Gasteiger partial charge is 0.269 e. The molecule has 0 spiro atoms. The summed E-state index contributed by atoms with van der Waals surface area (Å²) >= 11 is 5.09. The van der Waals surface area contributed by atoms with Crippen LogP contribution in [0.3, 0.4) is 0 Å². The van der Waals surface area contributed by atoms with Crippen LogP contribution in [0, 0.1) is 0 Å². The number of likely N-dealkylation sites (N-methyl/N-ethyl adjacent to an activating group) is 1. The van der Waals surface area contributed by atoms with Gasteiger partial charge in [-0.25, -0.2) is 0 Å². The monoisotopic (exact) mass is 356 g/mol. The van der Waals surface area contributed by atoms with Gasteiger partial charge in [-0.2, -0.15) is 0 Å². The number of hydrazine groups is 1. The molecule has 1 aromatic carbocycles. The third-order valence-corrected chi connectivity index (χ3v) is 3.31. The molecule has 0 fully saturated rings. The molecule has 9 heteroatoms. The number of hydrogen-bond donors (Lipinski definition) is 3. The van der Waals surface area contributed by atoms with Crippen LogP contribution in [0.25, 0.3) is 0 Å². The summed E-state index contributed by atoms with van der Waals surface area (Å²) in [5.74, 6) is 0.832. The molecule has 0 aliphatic rings. The number of thiocarbonyl (C=S) groups is 1. The van der Waals surface area contributed by atoms with E-state index in [0.717, 1.165) is 6.54 Å². The van der Waals surface area contributed by atoms with Gasteiger partial charge in [-0.15, -0.1) is 0 Å². The van der Waals surface area contributed by atoms with Crippen LogP contribution in [-0.2, 0) is 0 Å². The summed E-state index contributed by atoms with van der Waals surface area (Å²) < 4.78 is 15.7. The molecule has 0 heterocycles. The van der Waals surface area contributed by atoms with Gasteiger partial charge in [0.25, 0.3) is 5.91 Å². The predicted octanol–water partition coefficient (Wildman–Crippen LogP) is 0.383. The minimum absolute atomic E-state index is 0.331. The molecule has 0 saturated heterocycles. The average molecular weight is 356 g/mol. The molecule has 0 aliphatic heterocycles. The van der Waals surface area contributed by atoms with Crippen molar-refractivity contribution in [2.45, 2.75) is 0 Å². The minimum atomic E-state index is -0.383. The van der Waals surface area contributed by atoms with Crippen molar-refractivity contribution < 1.29 is 19.0 Å². The first-order chi connectivity index (χ1) is 11.4. The van der Waals surface area contributed by atoms with Crippen LogP contribution in [0.2, 0.25) is 0 Å². The van der Waals surface area contributed by atoms with E-state index in [2.05, 4.69) is 16.2 Å². The van der Waals surface area contributed by atoms with Gasteiger partial charge in [0, 0.05) is 18.7 Å². The van der Waals surface area contributed by atoms with Crippen molar-refractivity contribution in [3.63, 3.8) is 0 Å². The van der Waals surface area contributed by atoms with Gasteiger partial charge < -0.3 is 24.4 Å². The molecule has 0 unspecified atom stereocenters. The molecule has 3 N–H and O–H groups in total. The quantitative estimate of drug-likeness (QED) is 0.478. The fraction of sp³-hybridized carbons (Fsp3) is 0.467. The zero-order valence-electron chi connectivity index (χ0n) is 14.6. The SMILES string of the molecule is COc1cc(C(=O)NNC(=S)NCCN(C)C)cc(OC)c1OC. The Kier molecular flexibility index (Phi) is 8.07. The summed E-state index contributed by atoms with van der Waals surface area (Å²) in [7, 11) is 8.40. The maximum atomic E-state index is 12.2. The summed E-state index contributed by atoms with van der Waals surface area (Å²) in [6.45, 7) is 1.49. The molecular weight excluding hydrogens is 332 g/mol. The summed E-state index contributed by atoms with van der Waals surface area (Å²) in [6.07, 6.45) is 0. The molecule has 0 bridgehead atoms. The summed E-state index contributed by atoms with van der Waals surface area (Å²) in [6, 6.07) is 3.11. The Morgan fingerprint density at radius 1 is 1.08 bits per heavy atom. The molecule has 0 aliphatic carbocycles. The first-order valence-electron chi connectivity index (χ1n) is 7.21. The molecule has 0 saturated carbocycles. The molecule has 8 nitrogen and oxygen atoms in total. The fourth-order valence-electron chi connectivity index (χ4n) is 1.84. The summed E-state index contributed by atoms with van der Waals surface area (Å²) in [5.41, 5.74) is 5.51. The Labute approximate surface area is 147 Å². The summed E-state index contributed by atoms with van der Waals surface area (Å²) in [5, 5.41) is 3.31. The van der Waals surface area contributed by atoms with Gasteiger partial charge in [0.05, 0.1) is 21.3 Å². The number of nitrogens with zero attached hydrogens (tertiary/aromatic N) is 1. The first-order valence-corrected chi connectivity index (χ1v) is 7.62. The van der Waals surface area contributed by atoms with Crippen molar-refractivity contribution in [2.24, 2.45) is 0 Å². The van der Waals surface area contributed by atoms with Crippen LogP contribution in [0.4, 0.5) is 0 Å². The van der Waals surface area contributed by atoms with Crippen LogP contribution < -0.4 is 30.4 Å². The van der Waals surface area contributed by atoms with E-state index < -0.39 is 0 Å². The molecular formula is C15H24N4O4S. The average Bonchev–Trinajstić information content (AvgIpc) is 2.57. The van der Waals surface area contributed by atoms with Gasteiger partial charge >= 0.3 is 0 Å². The standard InChI is InChI=1S/C15H24N4O4S/c1-19(2)7-6-16-15(24)18-17-14(20)10-8-11(21-3)13(23-5)12(9-10)22-4/h8-9H,6-7H2,1-5H3,(H,17,20)(H2,16,18,24). The van der Waals surface area contributed by atoms with E-state index in [1.165, 1.54) is 21.3 Å². The Morgan fingerprint density at radius 2 is 1.67 bits per heavy atom. The maximum absolute atomic E-state index is 12.2. The van der Waals surface area contributed by atoms with E-state index >= 15 is 0 Å². The van der Waals surface area contributed by atoms with E-state index in [4.69, 9.17) is 26.4 Å². The van der Waals surface area contributed by atoms with E-state index in [-0.39, 0.29) is 5.91 Å². The largest absolute Gasteiger partial charge is 0.493 e. The number of rotatable bonds is 7. The third-order valence-electron chi connectivity index (χ3n) is 3.06. The lowest BCUT2D eigenvalue weighted by atomic mass is 10.1. The topological polar surface area (TPSA) is 84.1 Å². The Balaban J connectivity index is 2.69. The van der Waals surface area contributed by atoms with E-state index in [9.17, 15) is 4.79 Å². The maximum Gasteiger partial charge on any atom is 0.269 e. The summed E-state index contributed by atoms with van der Waals surface area (Å²) in [4.78, 5) is 14.3. The fourth-order valence-corrected chi connectivity index (χ4v) is 1.99. The lowest BCUT2D eigenvalue weighted by Gasteiger charge is -2.15. The second kappa shape index (κ2) is 9.78. The molecule has 134 valence electrons. The van der Waals surface area contributed by atoms with Crippen LogP contribution >= 0.6 is 12.2 Å². The number of carbonyl (C=O) groups excluding carboxylic acids is 1. The third kappa shape index (κ3) is 5.74. The second-order valence-corrected chi connectivity index (χ2v) is 5.46. The Bertz CT molecular complexity index is 556. The highest BCUT2D eigenvalue weighted by molar-refractivity contribution is 7.80. The molecule has 0 radical (unpaired) electrons. The number of hydrogen-bond acceptors (Lipinski definition) is 6. The van der Waals surface area contributed by atoms with Crippen molar-refractivity contribution in [3.05, 3.63) is 17.7 Å². The molecule has 24 heavy (non-hydrogen) atoms. The number of ether oxygens (including phenoxy) is 3. The predicted molar refractivity (Wildman–Crippen MR) is 95.9 cm³/mol. The highest BCUT2D eigenvalue weighted by Crippen LogP contribution is 2.38. The van der Waals surface area contributed by atoms with Gasteiger partial charge in [0.1, 0.15) is 0 Å². The normalized spacial score (nSPS) is 10.1.